The average molecular weight is 380 g/mol. The summed E-state index contributed by atoms with van der Waals surface area (Å²) in [5.41, 5.74) is 1.23. The Morgan fingerprint density at radius 2 is 1.93 bits per heavy atom. The maximum absolute atomic E-state index is 13.4. The average Bonchev–Trinajstić information content (AvgIpc) is 3.33. The fourth-order valence-corrected chi connectivity index (χ4v) is 3.18. The Balaban J connectivity index is 1.41. The summed E-state index contributed by atoms with van der Waals surface area (Å²) in [6.07, 6.45) is 0.148. The molecule has 3 aromatic rings. The van der Waals surface area contributed by atoms with Gasteiger partial charge in [0.25, 0.3) is 0 Å². The number of anilines is 1. The van der Waals surface area contributed by atoms with Crippen molar-refractivity contribution in [2.75, 3.05) is 11.4 Å². The second-order valence-electron chi connectivity index (χ2n) is 6.45. The van der Waals surface area contributed by atoms with Gasteiger partial charge >= 0.3 is 0 Å². The van der Waals surface area contributed by atoms with Gasteiger partial charge in [-0.2, -0.15) is 4.68 Å². The topological polar surface area (TPSA) is 93.0 Å². The molecule has 0 spiro atoms. The van der Waals surface area contributed by atoms with Crippen LogP contribution in [0, 0.1) is 11.7 Å². The molecular weight excluding hydrogens is 363 g/mol. The predicted molar refractivity (Wildman–Crippen MR) is 97.9 cm³/mol. The van der Waals surface area contributed by atoms with Crippen molar-refractivity contribution in [3.05, 3.63) is 66.2 Å². The first-order chi connectivity index (χ1) is 13.6. The van der Waals surface area contributed by atoms with Crippen molar-refractivity contribution < 1.29 is 14.0 Å². The normalized spacial score (nSPS) is 16.4. The van der Waals surface area contributed by atoms with E-state index >= 15 is 0 Å². The van der Waals surface area contributed by atoms with Crippen molar-refractivity contribution in [3.63, 3.8) is 0 Å². The molecule has 1 saturated heterocycles. The number of benzene rings is 2. The molecule has 9 heteroatoms. The number of rotatable bonds is 5. The molecule has 1 atom stereocenters. The molecule has 4 rings (SSSR count). The van der Waals surface area contributed by atoms with E-state index in [9.17, 15) is 14.0 Å². The first kappa shape index (κ1) is 17.8. The summed E-state index contributed by atoms with van der Waals surface area (Å²) in [5.74, 6) is -0.834. The minimum Gasteiger partial charge on any atom is -0.348 e. The molecule has 2 aromatic carbocycles. The van der Waals surface area contributed by atoms with E-state index in [0.717, 1.165) is 5.69 Å². The van der Waals surface area contributed by atoms with Crippen LogP contribution in [0.25, 0.3) is 5.69 Å². The number of carbonyl (C=O) groups excluding carboxylic acids is 2. The van der Waals surface area contributed by atoms with Crippen LogP contribution in [0.5, 0.6) is 0 Å². The highest BCUT2D eigenvalue weighted by molar-refractivity contribution is 6.00. The fourth-order valence-electron chi connectivity index (χ4n) is 3.18. The maximum atomic E-state index is 13.4. The minimum absolute atomic E-state index is 0.0678. The highest BCUT2D eigenvalue weighted by atomic mass is 19.1. The van der Waals surface area contributed by atoms with E-state index in [2.05, 4.69) is 20.8 Å². The Bertz CT molecular complexity index is 1010. The molecule has 8 nitrogen and oxygen atoms in total. The third-order valence-corrected chi connectivity index (χ3v) is 4.57. The van der Waals surface area contributed by atoms with Crippen LogP contribution in [0.1, 0.15) is 12.2 Å². The molecule has 1 unspecified atom stereocenters. The van der Waals surface area contributed by atoms with Gasteiger partial charge in [-0.1, -0.05) is 24.3 Å². The minimum atomic E-state index is -0.453. The van der Waals surface area contributed by atoms with E-state index in [1.54, 1.807) is 17.0 Å². The monoisotopic (exact) mass is 380 g/mol. The van der Waals surface area contributed by atoms with Crippen LogP contribution in [0.2, 0.25) is 0 Å². The lowest BCUT2D eigenvalue weighted by molar-refractivity contribution is -0.126. The van der Waals surface area contributed by atoms with Gasteiger partial charge in [-0.25, -0.2) is 4.39 Å². The van der Waals surface area contributed by atoms with Crippen molar-refractivity contribution in [1.29, 1.82) is 0 Å². The van der Waals surface area contributed by atoms with E-state index in [-0.39, 0.29) is 24.8 Å². The Morgan fingerprint density at radius 3 is 2.71 bits per heavy atom. The van der Waals surface area contributed by atoms with Crippen LogP contribution in [0.3, 0.4) is 0 Å². The quantitative estimate of drug-likeness (QED) is 0.724. The lowest BCUT2D eigenvalue weighted by atomic mass is 10.1. The van der Waals surface area contributed by atoms with E-state index in [1.807, 2.05) is 30.3 Å². The van der Waals surface area contributed by atoms with E-state index in [4.69, 9.17) is 0 Å². The zero-order valence-corrected chi connectivity index (χ0v) is 14.8. The number of hydrogen-bond acceptors (Lipinski definition) is 5. The SMILES string of the molecule is O=C(NCc1nnnn1-c1cccc(F)c1)C1CC(=O)N(c2ccccc2)C1. The van der Waals surface area contributed by atoms with Crippen LogP contribution >= 0.6 is 0 Å². The standard InChI is InChI=1S/C19H17FN6O2/c20-14-5-4-8-16(10-14)26-17(22-23-24-26)11-21-19(28)13-9-18(27)25(12-13)15-6-2-1-3-7-15/h1-8,10,13H,9,11-12H2,(H,21,28). The summed E-state index contributed by atoms with van der Waals surface area (Å²) in [5, 5.41) is 14.1. The number of hydrogen-bond donors (Lipinski definition) is 1. The first-order valence-electron chi connectivity index (χ1n) is 8.78. The number of amides is 2. The zero-order valence-electron chi connectivity index (χ0n) is 14.8. The van der Waals surface area contributed by atoms with Crippen molar-refractivity contribution in [3.8, 4) is 5.69 Å². The molecule has 0 aliphatic carbocycles. The Hall–Kier alpha value is -3.62. The predicted octanol–water partition coefficient (Wildman–Crippen LogP) is 1.47. The molecule has 28 heavy (non-hydrogen) atoms. The number of halogens is 1. The number of aromatic nitrogens is 4. The highest BCUT2D eigenvalue weighted by Gasteiger charge is 2.35. The summed E-state index contributed by atoms with van der Waals surface area (Å²) < 4.78 is 14.8. The highest BCUT2D eigenvalue weighted by Crippen LogP contribution is 2.24. The Morgan fingerprint density at radius 1 is 1.14 bits per heavy atom. The van der Waals surface area contributed by atoms with Crippen LogP contribution in [-0.2, 0) is 16.1 Å². The molecule has 1 fully saturated rings. The summed E-state index contributed by atoms with van der Waals surface area (Å²) in [7, 11) is 0. The smallest absolute Gasteiger partial charge is 0.227 e. The molecule has 142 valence electrons. The lowest BCUT2D eigenvalue weighted by Crippen LogP contribution is -2.33. The third-order valence-electron chi connectivity index (χ3n) is 4.57. The van der Waals surface area contributed by atoms with Gasteiger partial charge in [0.2, 0.25) is 11.8 Å². The second-order valence-corrected chi connectivity index (χ2v) is 6.45. The van der Waals surface area contributed by atoms with E-state index < -0.39 is 11.7 Å². The third kappa shape index (κ3) is 3.59. The van der Waals surface area contributed by atoms with Crippen LogP contribution in [0.4, 0.5) is 10.1 Å². The molecular formula is C19H17FN6O2. The van der Waals surface area contributed by atoms with Crippen molar-refractivity contribution >= 4 is 17.5 Å². The van der Waals surface area contributed by atoms with Gasteiger partial charge in [-0.3, -0.25) is 9.59 Å². The molecule has 0 saturated carbocycles. The number of tetrazole rings is 1. The molecule has 1 N–H and O–H groups in total. The molecule has 0 radical (unpaired) electrons. The molecule has 1 aromatic heterocycles. The summed E-state index contributed by atoms with van der Waals surface area (Å²) >= 11 is 0. The van der Waals surface area contributed by atoms with Crippen LogP contribution in [-0.4, -0.2) is 38.6 Å². The van der Waals surface area contributed by atoms with Crippen molar-refractivity contribution in [2.45, 2.75) is 13.0 Å². The number of carbonyl (C=O) groups is 2. The van der Waals surface area contributed by atoms with Crippen LogP contribution < -0.4 is 10.2 Å². The van der Waals surface area contributed by atoms with Crippen molar-refractivity contribution in [1.82, 2.24) is 25.5 Å². The summed E-state index contributed by atoms with van der Waals surface area (Å²) in [6.45, 7) is 0.391. The van der Waals surface area contributed by atoms with Gasteiger partial charge < -0.3 is 10.2 Å². The molecule has 1 aliphatic rings. The van der Waals surface area contributed by atoms with Gasteiger partial charge in [0.15, 0.2) is 5.82 Å². The van der Waals surface area contributed by atoms with Crippen molar-refractivity contribution in [2.24, 2.45) is 5.92 Å². The Kier molecular flexibility index (Phi) is 4.79. The number of nitrogens with one attached hydrogen (secondary N) is 1. The maximum Gasteiger partial charge on any atom is 0.227 e. The summed E-state index contributed by atoms with van der Waals surface area (Å²) in [6, 6.07) is 15.1. The molecule has 2 amide bonds. The van der Waals surface area contributed by atoms with Gasteiger partial charge in [-0.15, -0.1) is 5.10 Å². The first-order valence-corrected chi connectivity index (χ1v) is 8.78. The van der Waals surface area contributed by atoms with Gasteiger partial charge in [-0.05, 0) is 40.8 Å². The largest absolute Gasteiger partial charge is 0.348 e. The van der Waals surface area contributed by atoms with Gasteiger partial charge in [0, 0.05) is 18.7 Å². The molecule has 1 aliphatic heterocycles. The molecule has 0 bridgehead atoms. The zero-order chi connectivity index (χ0) is 19.5. The van der Waals surface area contributed by atoms with Gasteiger partial charge in [0.1, 0.15) is 5.82 Å². The van der Waals surface area contributed by atoms with Crippen LogP contribution in [0.15, 0.2) is 54.6 Å². The van der Waals surface area contributed by atoms with Gasteiger partial charge in [0.05, 0.1) is 18.2 Å². The fraction of sp³-hybridized carbons (Fsp3) is 0.211. The Labute approximate surface area is 160 Å². The second kappa shape index (κ2) is 7.55. The lowest BCUT2D eigenvalue weighted by Gasteiger charge is -2.16. The van der Waals surface area contributed by atoms with E-state index in [1.165, 1.54) is 16.8 Å². The number of nitrogens with zero attached hydrogens (tertiary/aromatic N) is 5. The van der Waals surface area contributed by atoms with E-state index in [0.29, 0.717) is 18.1 Å². The molecule has 2 heterocycles. The number of para-hydroxylation sites is 1. The summed E-state index contributed by atoms with van der Waals surface area (Å²) in [4.78, 5) is 26.4.